The Hall–Kier alpha value is -1.99. The molecule has 0 radical (unpaired) electrons. The number of likely N-dealkylation sites (tertiary alicyclic amines) is 1. The molecule has 0 bridgehead atoms. The lowest BCUT2D eigenvalue weighted by atomic mass is 9.95. The maximum Gasteiger partial charge on any atom is 0.410 e. The van der Waals surface area contributed by atoms with Crippen molar-refractivity contribution in [3.8, 4) is 0 Å². The van der Waals surface area contributed by atoms with Gasteiger partial charge in [-0.2, -0.15) is 0 Å². The molecule has 0 aliphatic carbocycles. The van der Waals surface area contributed by atoms with Crippen LogP contribution in [-0.2, 0) is 9.53 Å². The molecule has 8 heteroatoms. The van der Waals surface area contributed by atoms with Crippen molar-refractivity contribution in [1.29, 1.82) is 0 Å². The lowest BCUT2D eigenvalue weighted by Gasteiger charge is -2.34. The number of carbonyl (C=O) groups excluding carboxylic acids is 2. The standard InChI is InChI=1S/C19H37N5O3/c1-6-21-17(24-11-8-9-15(14-24)13-16(20)25)22-10-12-23(7-2)18(26)27-19(3,4)5/h15H,6-14H2,1-5H3,(H2,20,25)(H,21,22). The first-order valence-electron chi connectivity index (χ1n) is 9.95. The summed E-state index contributed by atoms with van der Waals surface area (Å²) in [5.74, 6) is 0.848. The Balaban J connectivity index is 2.66. The zero-order chi connectivity index (χ0) is 20.4. The highest BCUT2D eigenvalue weighted by Crippen LogP contribution is 2.19. The highest BCUT2D eigenvalue weighted by Gasteiger charge is 2.24. The Morgan fingerprint density at radius 1 is 1.33 bits per heavy atom. The van der Waals surface area contributed by atoms with Gasteiger partial charge in [0.05, 0.1) is 6.54 Å². The lowest BCUT2D eigenvalue weighted by Crippen LogP contribution is -2.47. The predicted molar refractivity (Wildman–Crippen MR) is 108 cm³/mol. The second kappa shape index (κ2) is 11.0. The number of guanidine groups is 1. The molecule has 8 nitrogen and oxygen atoms in total. The summed E-state index contributed by atoms with van der Waals surface area (Å²) in [6.07, 6.45) is 2.13. The molecule has 0 spiro atoms. The summed E-state index contributed by atoms with van der Waals surface area (Å²) in [6, 6.07) is 0. The van der Waals surface area contributed by atoms with E-state index in [0.717, 1.165) is 38.4 Å². The molecule has 1 atom stereocenters. The van der Waals surface area contributed by atoms with Crippen LogP contribution in [0.3, 0.4) is 0 Å². The number of rotatable bonds is 7. The second-order valence-corrected chi connectivity index (χ2v) is 7.92. The number of aliphatic imine (C=N–C) groups is 1. The number of carbonyl (C=O) groups is 2. The van der Waals surface area contributed by atoms with E-state index in [0.29, 0.717) is 26.1 Å². The van der Waals surface area contributed by atoms with Gasteiger partial charge in [0.1, 0.15) is 5.60 Å². The smallest absolute Gasteiger partial charge is 0.410 e. The van der Waals surface area contributed by atoms with Crippen LogP contribution in [0.1, 0.15) is 53.9 Å². The van der Waals surface area contributed by atoms with Gasteiger partial charge in [-0.3, -0.25) is 9.79 Å². The normalized spacial score (nSPS) is 18.2. The number of likely N-dealkylation sites (N-methyl/N-ethyl adjacent to an activating group) is 1. The van der Waals surface area contributed by atoms with Crippen LogP contribution in [0.25, 0.3) is 0 Å². The van der Waals surface area contributed by atoms with E-state index in [1.54, 1.807) is 4.90 Å². The number of hydrogen-bond donors (Lipinski definition) is 2. The summed E-state index contributed by atoms with van der Waals surface area (Å²) in [5.41, 5.74) is 4.84. The number of primary amides is 1. The maximum absolute atomic E-state index is 12.2. The van der Waals surface area contributed by atoms with Crippen LogP contribution in [0.2, 0.25) is 0 Å². The lowest BCUT2D eigenvalue weighted by molar-refractivity contribution is -0.119. The first-order valence-corrected chi connectivity index (χ1v) is 9.95. The van der Waals surface area contributed by atoms with Crippen molar-refractivity contribution >= 4 is 18.0 Å². The fraction of sp³-hybridized carbons (Fsp3) is 0.842. The van der Waals surface area contributed by atoms with Crippen molar-refractivity contribution in [2.75, 3.05) is 39.3 Å². The first-order chi connectivity index (χ1) is 12.7. The van der Waals surface area contributed by atoms with Gasteiger partial charge in [-0.1, -0.05) is 0 Å². The molecule has 1 aliphatic heterocycles. The van der Waals surface area contributed by atoms with Crippen LogP contribution in [0, 0.1) is 5.92 Å². The van der Waals surface area contributed by atoms with E-state index in [2.05, 4.69) is 15.2 Å². The zero-order valence-electron chi connectivity index (χ0n) is 17.6. The van der Waals surface area contributed by atoms with Crippen molar-refractivity contribution in [3.05, 3.63) is 0 Å². The quantitative estimate of drug-likeness (QED) is 0.516. The topological polar surface area (TPSA) is 100 Å². The second-order valence-electron chi connectivity index (χ2n) is 7.92. The largest absolute Gasteiger partial charge is 0.444 e. The number of nitrogens with one attached hydrogen (secondary N) is 1. The molecule has 1 saturated heterocycles. The third kappa shape index (κ3) is 8.97. The molecule has 1 heterocycles. The minimum absolute atomic E-state index is 0.250. The van der Waals surface area contributed by atoms with Crippen LogP contribution < -0.4 is 11.1 Å². The van der Waals surface area contributed by atoms with Gasteiger partial charge in [0.2, 0.25) is 5.91 Å². The minimum atomic E-state index is -0.508. The summed E-state index contributed by atoms with van der Waals surface area (Å²) in [5, 5.41) is 3.31. The summed E-state index contributed by atoms with van der Waals surface area (Å²) < 4.78 is 5.43. The highest BCUT2D eigenvalue weighted by atomic mass is 16.6. The van der Waals surface area contributed by atoms with Crippen molar-refractivity contribution in [1.82, 2.24) is 15.1 Å². The molecule has 156 valence electrons. The average Bonchev–Trinajstić information content (AvgIpc) is 2.55. The molecule has 1 fully saturated rings. The van der Waals surface area contributed by atoms with E-state index in [-0.39, 0.29) is 17.9 Å². The molecular weight excluding hydrogens is 346 g/mol. The number of ether oxygens (including phenoxy) is 1. The molecule has 1 aliphatic rings. The molecule has 2 amide bonds. The fourth-order valence-corrected chi connectivity index (χ4v) is 3.12. The molecule has 0 aromatic rings. The van der Waals surface area contributed by atoms with Gasteiger partial charge in [-0.15, -0.1) is 0 Å². The number of nitrogens with zero attached hydrogens (tertiary/aromatic N) is 3. The summed E-state index contributed by atoms with van der Waals surface area (Å²) in [4.78, 5) is 32.0. The van der Waals surface area contributed by atoms with Gasteiger partial charge < -0.3 is 25.6 Å². The van der Waals surface area contributed by atoms with E-state index in [1.807, 2.05) is 34.6 Å². The predicted octanol–water partition coefficient (Wildman–Crippen LogP) is 1.80. The molecule has 0 aromatic heterocycles. The van der Waals surface area contributed by atoms with Crippen LogP contribution in [0.4, 0.5) is 4.79 Å². The number of piperidine rings is 1. The monoisotopic (exact) mass is 383 g/mol. The van der Waals surface area contributed by atoms with Gasteiger partial charge in [0.25, 0.3) is 0 Å². The van der Waals surface area contributed by atoms with E-state index >= 15 is 0 Å². The van der Waals surface area contributed by atoms with E-state index in [9.17, 15) is 9.59 Å². The van der Waals surface area contributed by atoms with Gasteiger partial charge in [0.15, 0.2) is 5.96 Å². The Labute approximate surface area is 163 Å². The SMILES string of the molecule is CCNC(=NCCN(CC)C(=O)OC(C)(C)C)N1CCCC(CC(N)=O)C1. The Bertz CT molecular complexity index is 516. The van der Waals surface area contributed by atoms with Crippen molar-refractivity contribution in [2.45, 2.75) is 59.5 Å². The van der Waals surface area contributed by atoms with Crippen molar-refractivity contribution < 1.29 is 14.3 Å². The molecule has 1 unspecified atom stereocenters. The van der Waals surface area contributed by atoms with Crippen LogP contribution in [0.15, 0.2) is 4.99 Å². The zero-order valence-corrected chi connectivity index (χ0v) is 17.6. The average molecular weight is 384 g/mol. The Morgan fingerprint density at radius 3 is 2.59 bits per heavy atom. The summed E-state index contributed by atoms with van der Waals surface area (Å²) >= 11 is 0. The molecule has 0 aromatic carbocycles. The number of amides is 2. The molecular formula is C19H37N5O3. The minimum Gasteiger partial charge on any atom is -0.444 e. The summed E-state index contributed by atoms with van der Waals surface area (Å²) in [7, 11) is 0. The highest BCUT2D eigenvalue weighted by molar-refractivity contribution is 5.80. The van der Waals surface area contributed by atoms with E-state index in [1.165, 1.54) is 0 Å². The number of hydrogen-bond acceptors (Lipinski definition) is 4. The first kappa shape index (κ1) is 23.0. The van der Waals surface area contributed by atoms with Gasteiger partial charge >= 0.3 is 6.09 Å². The molecule has 1 rings (SSSR count). The van der Waals surface area contributed by atoms with E-state index in [4.69, 9.17) is 10.5 Å². The van der Waals surface area contributed by atoms with Crippen molar-refractivity contribution in [2.24, 2.45) is 16.6 Å². The van der Waals surface area contributed by atoms with Crippen LogP contribution in [0.5, 0.6) is 0 Å². The molecule has 27 heavy (non-hydrogen) atoms. The maximum atomic E-state index is 12.2. The van der Waals surface area contributed by atoms with E-state index < -0.39 is 5.60 Å². The van der Waals surface area contributed by atoms with Gasteiger partial charge in [0, 0.05) is 39.1 Å². The van der Waals surface area contributed by atoms with Gasteiger partial charge in [-0.25, -0.2) is 4.79 Å². The van der Waals surface area contributed by atoms with Crippen molar-refractivity contribution in [3.63, 3.8) is 0 Å². The third-order valence-electron chi connectivity index (χ3n) is 4.31. The fourth-order valence-electron chi connectivity index (χ4n) is 3.12. The van der Waals surface area contributed by atoms with Crippen LogP contribution in [-0.4, -0.2) is 72.6 Å². The van der Waals surface area contributed by atoms with Gasteiger partial charge in [-0.05, 0) is 53.4 Å². The summed E-state index contributed by atoms with van der Waals surface area (Å²) in [6.45, 7) is 13.5. The number of nitrogens with two attached hydrogens (primary N) is 1. The Kier molecular flexibility index (Phi) is 9.38. The molecule has 3 N–H and O–H groups in total. The third-order valence-corrected chi connectivity index (χ3v) is 4.31. The molecule has 0 saturated carbocycles. The van der Waals surface area contributed by atoms with Crippen LogP contribution >= 0.6 is 0 Å². The Morgan fingerprint density at radius 2 is 2.04 bits per heavy atom.